The quantitative estimate of drug-likeness (QED) is 0.719. The minimum absolute atomic E-state index is 0.00135. The largest absolute Gasteiger partial charge is 0.461 e. The number of aromatic nitrogens is 1. The first-order chi connectivity index (χ1) is 11.1. The zero-order valence-electron chi connectivity index (χ0n) is 13.6. The summed E-state index contributed by atoms with van der Waals surface area (Å²) in [5, 5.41) is 0.955. The molecule has 0 aliphatic carbocycles. The van der Waals surface area contributed by atoms with E-state index < -0.39 is 0 Å². The van der Waals surface area contributed by atoms with Gasteiger partial charge in [-0.2, -0.15) is 0 Å². The highest BCUT2D eigenvalue weighted by Gasteiger charge is 2.21. The summed E-state index contributed by atoms with van der Waals surface area (Å²) in [6.07, 6.45) is 4.40. The van der Waals surface area contributed by atoms with Crippen molar-refractivity contribution in [2.24, 2.45) is 0 Å². The van der Waals surface area contributed by atoms with Crippen LogP contribution in [0.3, 0.4) is 0 Å². The molecule has 2 heterocycles. The summed E-state index contributed by atoms with van der Waals surface area (Å²) in [7, 11) is 1.84. The summed E-state index contributed by atoms with van der Waals surface area (Å²) < 4.78 is 5.57. The molecular weight excluding hydrogens is 288 g/mol. The molecule has 0 saturated carbocycles. The van der Waals surface area contributed by atoms with Crippen molar-refractivity contribution in [1.82, 2.24) is 9.88 Å². The normalized spacial score (nSPS) is 12.3. The molecule has 0 N–H and O–H groups in total. The van der Waals surface area contributed by atoms with Crippen molar-refractivity contribution >= 4 is 16.9 Å². The highest BCUT2D eigenvalue weighted by Crippen LogP contribution is 2.26. The predicted molar refractivity (Wildman–Crippen MR) is 90.3 cm³/mol. The van der Waals surface area contributed by atoms with Crippen LogP contribution in [0.1, 0.15) is 41.1 Å². The summed E-state index contributed by atoms with van der Waals surface area (Å²) >= 11 is 0. The zero-order chi connectivity index (χ0) is 16.4. The predicted octanol–water partition coefficient (Wildman–Crippen LogP) is 4.36. The maximum Gasteiger partial charge on any atom is 0.254 e. The molecule has 4 nitrogen and oxygen atoms in total. The second kappa shape index (κ2) is 6.24. The van der Waals surface area contributed by atoms with Crippen LogP contribution in [0, 0.1) is 6.92 Å². The van der Waals surface area contributed by atoms with E-state index in [0.717, 1.165) is 28.7 Å². The lowest BCUT2D eigenvalue weighted by atomic mass is 10.0. The SMILES string of the molecule is CC[C@@H](c1cccnc1)N(C)C(=O)c1ccc2oc(C)cc2c1. The van der Waals surface area contributed by atoms with Gasteiger partial charge in [0.1, 0.15) is 11.3 Å². The van der Waals surface area contributed by atoms with Gasteiger partial charge in [-0.05, 0) is 49.2 Å². The number of benzene rings is 1. The summed E-state index contributed by atoms with van der Waals surface area (Å²) in [4.78, 5) is 18.8. The number of nitrogens with zero attached hydrogens (tertiary/aromatic N) is 2. The highest BCUT2D eigenvalue weighted by atomic mass is 16.3. The fourth-order valence-electron chi connectivity index (χ4n) is 2.96. The van der Waals surface area contributed by atoms with Crippen LogP contribution in [-0.2, 0) is 0 Å². The number of carbonyl (C=O) groups excluding carboxylic acids is 1. The first kappa shape index (κ1) is 15.3. The van der Waals surface area contributed by atoms with Crippen molar-refractivity contribution in [1.29, 1.82) is 0 Å². The molecule has 0 unspecified atom stereocenters. The second-order valence-corrected chi connectivity index (χ2v) is 5.74. The van der Waals surface area contributed by atoms with Crippen LogP contribution >= 0.6 is 0 Å². The first-order valence-corrected chi connectivity index (χ1v) is 7.77. The smallest absolute Gasteiger partial charge is 0.254 e. The lowest BCUT2D eigenvalue weighted by molar-refractivity contribution is 0.0726. The number of rotatable bonds is 4. The van der Waals surface area contributed by atoms with Gasteiger partial charge in [0, 0.05) is 30.4 Å². The van der Waals surface area contributed by atoms with Crippen LogP contribution < -0.4 is 0 Å². The molecule has 0 radical (unpaired) electrons. The number of carbonyl (C=O) groups is 1. The van der Waals surface area contributed by atoms with Crippen LogP contribution in [0.2, 0.25) is 0 Å². The van der Waals surface area contributed by atoms with Crippen molar-refractivity contribution in [3.05, 3.63) is 65.7 Å². The Kier molecular flexibility index (Phi) is 4.15. The molecule has 4 heteroatoms. The second-order valence-electron chi connectivity index (χ2n) is 5.74. The Morgan fingerprint density at radius 1 is 1.30 bits per heavy atom. The molecule has 0 spiro atoms. The molecule has 118 valence electrons. The number of fused-ring (bicyclic) bond motifs is 1. The molecule has 0 aliphatic rings. The van der Waals surface area contributed by atoms with Crippen LogP contribution in [0.15, 0.2) is 53.2 Å². The molecule has 23 heavy (non-hydrogen) atoms. The Balaban J connectivity index is 1.90. The number of hydrogen-bond donors (Lipinski definition) is 0. The average molecular weight is 308 g/mol. The third-order valence-corrected chi connectivity index (χ3v) is 4.13. The fourth-order valence-corrected chi connectivity index (χ4v) is 2.96. The Morgan fingerprint density at radius 2 is 2.13 bits per heavy atom. The number of pyridine rings is 1. The Hall–Kier alpha value is -2.62. The van der Waals surface area contributed by atoms with Crippen molar-refractivity contribution in [3.8, 4) is 0 Å². The average Bonchev–Trinajstić information content (AvgIpc) is 2.94. The molecule has 0 bridgehead atoms. The monoisotopic (exact) mass is 308 g/mol. The minimum Gasteiger partial charge on any atom is -0.461 e. The van der Waals surface area contributed by atoms with Gasteiger partial charge < -0.3 is 9.32 Å². The maximum atomic E-state index is 12.8. The molecule has 3 aromatic rings. The molecule has 2 aromatic heterocycles. The van der Waals surface area contributed by atoms with Crippen LogP contribution in [0.5, 0.6) is 0 Å². The number of aryl methyl sites for hydroxylation is 1. The van der Waals surface area contributed by atoms with Crippen molar-refractivity contribution in [2.75, 3.05) is 7.05 Å². The van der Waals surface area contributed by atoms with Gasteiger partial charge in [0.05, 0.1) is 6.04 Å². The van der Waals surface area contributed by atoms with Gasteiger partial charge in [-0.15, -0.1) is 0 Å². The topological polar surface area (TPSA) is 46.3 Å². The van der Waals surface area contributed by atoms with Gasteiger partial charge in [-0.1, -0.05) is 13.0 Å². The van der Waals surface area contributed by atoms with E-state index in [2.05, 4.69) is 11.9 Å². The van der Waals surface area contributed by atoms with Gasteiger partial charge in [0.15, 0.2) is 0 Å². The molecule has 0 saturated heterocycles. The van der Waals surface area contributed by atoms with Crippen molar-refractivity contribution < 1.29 is 9.21 Å². The van der Waals surface area contributed by atoms with Gasteiger partial charge >= 0.3 is 0 Å². The van der Waals surface area contributed by atoms with Gasteiger partial charge in [-0.25, -0.2) is 0 Å². The van der Waals surface area contributed by atoms with Crippen molar-refractivity contribution in [2.45, 2.75) is 26.3 Å². The molecular formula is C19H20N2O2. The minimum atomic E-state index is 0.00135. The van der Waals surface area contributed by atoms with Crippen LogP contribution in [0.4, 0.5) is 0 Å². The standard InChI is InChI=1S/C19H20N2O2/c1-4-17(15-6-5-9-20-12-15)21(3)19(22)14-7-8-18-16(11-14)10-13(2)23-18/h5-12,17H,4H2,1-3H3/t17-/m0/s1. The van der Waals surface area contributed by atoms with Gasteiger partial charge in [-0.3, -0.25) is 9.78 Å². The van der Waals surface area contributed by atoms with E-state index in [1.165, 1.54) is 0 Å². The van der Waals surface area contributed by atoms with Crippen molar-refractivity contribution in [3.63, 3.8) is 0 Å². The molecule has 1 atom stereocenters. The van der Waals surface area contributed by atoms with Crippen LogP contribution in [0.25, 0.3) is 11.0 Å². The molecule has 0 fully saturated rings. The molecule has 3 rings (SSSR count). The maximum absolute atomic E-state index is 12.8. The van der Waals surface area contributed by atoms with E-state index in [1.54, 1.807) is 11.1 Å². The third kappa shape index (κ3) is 2.97. The summed E-state index contributed by atoms with van der Waals surface area (Å²) in [6.45, 7) is 3.98. The number of amides is 1. The van der Waals surface area contributed by atoms with Gasteiger partial charge in [0.25, 0.3) is 5.91 Å². The highest BCUT2D eigenvalue weighted by molar-refractivity contribution is 5.98. The van der Waals surface area contributed by atoms with E-state index in [1.807, 2.05) is 56.6 Å². The molecule has 1 amide bonds. The van der Waals surface area contributed by atoms with Gasteiger partial charge in [0.2, 0.25) is 0 Å². The zero-order valence-corrected chi connectivity index (χ0v) is 13.6. The number of hydrogen-bond acceptors (Lipinski definition) is 3. The summed E-state index contributed by atoms with van der Waals surface area (Å²) in [5.74, 6) is 0.848. The molecule has 0 aliphatic heterocycles. The number of furan rings is 1. The van der Waals surface area contributed by atoms with Crippen LogP contribution in [-0.4, -0.2) is 22.8 Å². The van der Waals surface area contributed by atoms with E-state index in [9.17, 15) is 4.79 Å². The van der Waals surface area contributed by atoms with E-state index in [4.69, 9.17) is 4.42 Å². The fraction of sp³-hybridized carbons (Fsp3) is 0.263. The Labute approximate surface area is 135 Å². The summed E-state index contributed by atoms with van der Waals surface area (Å²) in [5.41, 5.74) is 2.52. The van der Waals surface area contributed by atoms with E-state index in [-0.39, 0.29) is 11.9 Å². The third-order valence-electron chi connectivity index (χ3n) is 4.13. The Morgan fingerprint density at radius 3 is 2.83 bits per heavy atom. The van der Waals surface area contributed by atoms with E-state index >= 15 is 0 Å². The Bertz CT molecular complexity index is 824. The van der Waals surface area contributed by atoms with E-state index in [0.29, 0.717) is 5.56 Å². The summed E-state index contributed by atoms with van der Waals surface area (Å²) in [6, 6.07) is 11.4. The first-order valence-electron chi connectivity index (χ1n) is 7.77. The lowest BCUT2D eigenvalue weighted by Gasteiger charge is -2.27. The molecule has 1 aromatic carbocycles. The lowest BCUT2D eigenvalue weighted by Crippen LogP contribution is -2.31.